The lowest BCUT2D eigenvalue weighted by atomic mass is 9.92. The molecule has 6 N–H and O–H groups in total. The summed E-state index contributed by atoms with van der Waals surface area (Å²) in [4.78, 5) is 18.2. The van der Waals surface area contributed by atoms with Gasteiger partial charge in [-0.15, -0.1) is 0 Å². The van der Waals surface area contributed by atoms with Crippen molar-refractivity contribution in [2.24, 2.45) is 11.5 Å². The SMILES string of the molecule is Cc1ccccc1C(C)(C)N.Cc1ccccc1C(C)(C)N.O=C(O)C(=O)O. The Morgan fingerprint density at radius 1 is 0.679 bits per heavy atom. The summed E-state index contributed by atoms with van der Waals surface area (Å²) >= 11 is 0. The van der Waals surface area contributed by atoms with E-state index in [4.69, 9.17) is 31.3 Å². The van der Waals surface area contributed by atoms with Crippen molar-refractivity contribution >= 4 is 11.9 Å². The maximum atomic E-state index is 9.10. The summed E-state index contributed by atoms with van der Waals surface area (Å²) in [6.07, 6.45) is 0. The number of hydrogen-bond acceptors (Lipinski definition) is 4. The van der Waals surface area contributed by atoms with Crippen molar-refractivity contribution in [3.8, 4) is 0 Å². The van der Waals surface area contributed by atoms with Crippen molar-refractivity contribution in [1.29, 1.82) is 0 Å². The van der Waals surface area contributed by atoms with E-state index in [9.17, 15) is 0 Å². The molecule has 6 heteroatoms. The maximum Gasteiger partial charge on any atom is 0.414 e. The van der Waals surface area contributed by atoms with Gasteiger partial charge in [-0.05, 0) is 63.8 Å². The van der Waals surface area contributed by atoms with Gasteiger partial charge in [0.05, 0.1) is 0 Å². The molecule has 6 nitrogen and oxygen atoms in total. The zero-order valence-electron chi connectivity index (χ0n) is 17.5. The molecule has 0 aliphatic rings. The second-order valence-electron chi connectivity index (χ2n) is 7.68. The number of nitrogens with two attached hydrogens (primary N) is 2. The van der Waals surface area contributed by atoms with E-state index in [-0.39, 0.29) is 11.1 Å². The molecule has 0 fully saturated rings. The second kappa shape index (κ2) is 10.6. The van der Waals surface area contributed by atoms with Crippen LogP contribution in [-0.4, -0.2) is 22.2 Å². The second-order valence-corrected chi connectivity index (χ2v) is 7.68. The summed E-state index contributed by atoms with van der Waals surface area (Å²) < 4.78 is 0. The Balaban J connectivity index is 0.000000411. The molecule has 0 radical (unpaired) electrons. The third-order valence-electron chi connectivity index (χ3n) is 3.86. The lowest BCUT2D eigenvalue weighted by molar-refractivity contribution is -0.159. The minimum absolute atomic E-state index is 0.217. The summed E-state index contributed by atoms with van der Waals surface area (Å²) in [6.45, 7) is 12.3. The van der Waals surface area contributed by atoms with Crippen molar-refractivity contribution < 1.29 is 19.8 Å². The molecule has 0 saturated carbocycles. The van der Waals surface area contributed by atoms with Gasteiger partial charge in [0, 0.05) is 11.1 Å². The fourth-order valence-electron chi connectivity index (χ4n) is 2.59. The number of benzene rings is 2. The molecular weight excluding hydrogens is 356 g/mol. The third kappa shape index (κ3) is 9.30. The predicted molar refractivity (Wildman–Crippen MR) is 112 cm³/mol. The Morgan fingerprint density at radius 2 is 0.929 bits per heavy atom. The van der Waals surface area contributed by atoms with Gasteiger partial charge in [-0.3, -0.25) is 0 Å². The van der Waals surface area contributed by atoms with E-state index in [1.165, 1.54) is 22.3 Å². The van der Waals surface area contributed by atoms with E-state index < -0.39 is 11.9 Å². The van der Waals surface area contributed by atoms with Gasteiger partial charge in [0.1, 0.15) is 0 Å². The van der Waals surface area contributed by atoms with Gasteiger partial charge >= 0.3 is 11.9 Å². The third-order valence-corrected chi connectivity index (χ3v) is 3.86. The Bertz CT molecular complexity index is 720. The molecule has 0 spiro atoms. The highest BCUT2D eigenvalue weighted by Gasteiger charge is 2.15. The van der Waals surface area contributed by atoms with E-state index in [0.717, 1.165) is 0 Å². The van der Waals surface area contributed by atoms with Gasteiger partial charge in [0.2, 0.25) is 0 Å². The molecule has 154 valence electrons. The predicted octanol–water partition coefficient (Wildman–Crippen LogP) is 3.53. The van der Waals surface area contributed by atoms with E-state index >= 15 is 0 Å². The number of aryl methyl sites for hydroxylation is 2. The number of carboxylic acid groups (broad SMARTS) is 2. The lowest BCUT2D eigenvalue weighted by Crippen LogP contribution is -2.29. The first kappa shape index (κ1) is 25.3. The largest absolute Gasteiger partial charge is 0.473 e. The van der Waals surface area contributed by atoms with E-state index in [1.54, 1.807) is 0 Å². The molecule has 0 bridgehead atoms. The molecule has 2 aromatic rings. The average molecular weight is 389 g/mol. The van der Waals surface area contributed by atoms with Crippen LogP contribution in [0.15, 0.2) is 48.5 Å². The van der Waals surface area contributed by atoms with Crippen molar-refractivity contribution in [2.75, 3.05) is 0 Å². The Hall–Kier alpha value is -2.70. The van der Waals surface area contributed by atoms with E-state index in [2.05, 4.69) is 38.1 Å². The van der Waals surface area contributed by atoms with Crippen LogP contribution in [-0.2, 0) is 20.7 Å². The number of carbonyl (C=O) groups is 2. The Morgan fingerprint density at radius 3 is 1.07 bits per heavy atom. The monoisotopic (exact) mass is 388 g/mol. The number of rotatable bonds is 2. The highest BCUT2D eigenvalue weighted by atomic mass is 16.4. The molecule has 0 aromatic heterocycles. The fourth-order valence-corrected chi connectivity index (χ4v) is 2.59. The van der Waals surface area contributed by atoms with Crippen LogP contribution in [0, 0.1) is 13.8 Å². The Kier molecular flexibility index (Phi) is 9.57. The van der Waals surface area contributed by atoms with Crippen LogP contribution >= 0.6 is 0 Å². The van der Waals surface area contributed by atoms with Gasteiger partial charge in [0.15, 0.2) is 0 Å². The van der Waals surface area contributed by atoms with Crippen molar-refractivity contribution in [2.45, 2.75) is 52.6 Å². The molecule has 0 saturated heterocycles. The zero-order valence-corrected chi connectivity index (χ0v) is 17.5. The maximum absolute atomic E-state index is 9.10. The summed E-state index contributed by atoms with van der Waals surface area (Å²) in [5, 5.41) is 14.8. The zero-order chi connectivity index (χ0) is 22.1. The number of carboxylic acids is 2. The van der Waals surface area contributed by atoms with Gasteiger partial charge < -0.3 is 21.7 Å². The molecule has 0 aliphatic heterocycles. The number of aliphatic carboxylic acids is 2. The summed E-state index contributed by atoms with van der Waals surface area (Å²) in [6, 6.07) is 16.4. The Labute approximate surface area is 167 Å². The topological polar surface area (TPSA) is 127 Å². The lowest BCUT2D eigenvalue weighted by Gasteiger charge is -2.21. The van der Waals surface area contributed by atoms with Crippen LogP contribution in [0.1, 0.15) is 49.9 Å². The average Bonchev–Trinajstić information content (AvgIpc) is 2.54. The van der Waals surface area contributed by atoms with Crippen LogP contribution in [0.3, 0.4) is 0 Å². The first-order valence-electron chi connectivity index (χ1n) is 8.84. The van der Waals surface area contributed by atoms with Crippen molar-refractivity contribution in [3.63, 3.8) is 0 Å². The summed E-state index contributed by atoms with van der Waals surface area (Å²) in [5.74, 6) is -3.65. The molecular formula is C22H32N2O4. The van der Waals surface area contributed by atoms with Crippen LogP contribution in [0.5, 0.6) is 0 Å². The summed E-state index contributed by atoms with van der Waals surface area (Å²) in [5.41, 5.74) is 16.5. The van der Waals surface area contributed by atoms with E-state index in [0.29, 0.717) is 0 Å². The molecule has 0 atom stereocenters. The van der Waals surface area contributed by atoms with Crippen LogP contribution in [0.4, 0.5) is 0 Å². The highest BCUT2D eigenvalue weighted by molar-refractivity contribution is 6.27. The quantitative estimate of drug-likeness (QED) is 0.583. The standard InChI is InChI=1S/2C10H15N.C2H2O4/c2*1-8-6-4-5-7-9(8)10(2,3)11;3-1(4)2(5)6/h2*4-7H,11H2,1-3H3;(H,3,4)(H,5,6). The highest BCUT2D eigenvalue weighted by Crippen LogP contribution is 2.20. The minimum atomic E-state index is -1.82. The van der Waals surface area contributed by atoms with Crippen molar-refractivity contribution in [3.05, 3.63) is 70.8 Å². The molecule has 0 unspecified atom stereocenters. The van der Waals surface area contributed by atoms with Crippen LogP contribution < -0.4 is 11.5 Å². The summed E-state index contributed by atoms with van der Waals surface area (Å²) in [7, 11) is 0. The first-order valence-corrected chi connectivity index (χ1v) is 8.84. The molecule has 2 rings (SSSR count). The van der Waals surface area contributed by atoms with Gasteiger partial charge in [-0.1, -0.05) is 48.5 Å². The molecule has 0 amide bonds. The first-order chi connectivity index (χ1) is 12.7. The van der Waals surface area contributed by atoms with Gasteiger partial charge in [-0.2, -0.15) is 0 Å². The molecule has 0 heterocycles. The minimum Gasteiger partial charge on any atom is -0.473 e. The number of hydrogen-bond donors (Lipinski definition) is 4. The van der Waals surface area contributed by atoms with Crippen LogP contribution in [0.2, 0.25) is 0 Å². The van der Waals surface area contributed by atoms with Gasteiger partial charge in [0.25, 0.3) is 0 Å². The van der Waals surface area contributed by atoms with Crippen LogP contribution in [0.25, 0.3) is 0 Å². The molecule has 2 aromatic carbocycles. The van der Waals surface area contributed by atoms with Gasteiger partial charge in [-0.25, -0.2) is 9.59 Å². The van der Waals surface area contributed by atoms with Crippen molar-refractivity contribution in [1.82, 2.24) is 0 Å². The van der Waals surface area contributed by atoms with E-state index in [1.807, 2.05) is 52.0 Å². The molecule has 0 aliphatic carbocycles. The molecule has 28 heavy (non-hydrogen) atoms. The normalized spacial score (nSPS) is 10.7. The fraction of sp³-hybridized carbons (Fsp3) is 0.364. The smallest absolute Gasteiger partial charge is 0.414 e.